The molecular weight excluding hydrogens is 480 g/mol. The predicted molar refractivity (Wildman–Crippen MR) is 140 cm³/mol. The molecule has 4 aromatic rings. The van der Waals surface area contributed by atoms with E-state index in [9.17, 15) is 13.2 Å². The second kappa shape index (κ2) is 10.3. The van der Waals surface area contributed by atoms with Crippen LogP contribution < -0.4 is 10.0 Å². The first-order valence-electron chi connectivity index (χ1n) is 11.1. The van der Waals surface area contributed by atoms with Gasteiger partial charge in [-0.1, -0.05) is 84.4 Å². The lowest BCUT2D eigenvalue weighted by atomic mass is 9.98. The zero-order valence-electron chi connectivity index (χ0n) is 19.3. The highest BCUT2D eigenvalue weighted by molar-refractivity contribution is 7.92. The van der Waals surface area contributed by atoms with Crippen molar-refractivity contribution in [2.75, 3.05) is 4.72 Å². The maximum absolute atomic E-state index is 13.3. The van der Waals surface area contributed by atoms with Crippen molar-refractivity contribution in [3.05, 3.63) is 130 Å². The van der Waals surface area contributed by atoms with Crippen molar-refractivity contribution in [1.29, 1.82) is 0 Å². The van der Waals surface area contributed by atoms with Crippen molar-refractivity contribution in [3.8, 4) is 0 Å². The number of sulfonamides is 1. The molecule has 0 spiro atoms. The van der Waals surface area contributed by atoms with Crippen molar-refractivity contribution in [2.45, 2.75) is 24.8 Å². The standard InChI is InChI=1S/C28H25ClN2O3S/c1-19-10-9-15-25(20(19)2)31-35(33,34)26-18-23(16-17-24(26)29)28(32)30-27(21-11-5-3-6-12-21)22-13-7-4-8-14-22/h3-18,27,31H,1-2H3,(H,30,32). The molecule has 0 fully saturated rings. The fraction of sp³-hybridized carbons (Fsp3) is 0.107. The average molecular weight is 505 g/mol. The topological polar surface area (TPSA) is 75.3 Å². The zero-order chi connectivity index (χ0) is 25.0. The largest absolute Gasteiger partial charge is 0.341 e. The van der Waals surface area contributed by atoms with E-state index in [2.05, 4.69) is 10.0 Å². The molecule has 0 atom stereocenters. The van der Waals surface area contributed by atoms with Gasteiger partial charge in [-0.05, 0) is 60.4 Å². The van der Waals surface area contributed by atoms with Crippen LogP contribution in [0, 0.1) is 13.8 Å². The number of benzene rings is 4. The number of nitrogens with one attached hydrogen (secondary N) is 2. The molecule has 1 amide bonds. The Hall–Kier alpha value is -3.61. The van der Waals surface area contributed by atoms with Gasteiger partial charge in [-0.25, -0.2) is 8.42 Å². The monoisotopic (exact) mass is 504 g/mol. The molecule has 0 aromatic heterocycles. The molecular formula is C28H25ClN2O3S. The predicted octanol–water partition coefficient (Wildman–Crippen LogP) is 6.28. The molecule has 0 bridgehead atoms. The van der Waals surface area contributed by atoms with Gasteiger partial charge in [0.2, 0.25) is 0 Å². The molecule has 0 unspecified atom stereocenters. The highest BCUT2D eigenvalue weighted by Gasteiger charge is 2.23. The summed E-state index contributed by atoms with van der Waals surface area (Å²) in [6.45, 7) is 3.74. The summed E-state index contributed by atoms with van der Waals surface area (Å²) >= 11 is 6.27. The van der Waals surface area contributed by atoms with E-state index in [1.165, 1.54) is 18.2 Å². The van der Waals surface area contributed by atoms with Crippen LogP contribution in [0.15, 0.2) is 102 Å². The Morgan fingerprint density at radius 2 is 1.40 bits per heavy atom. The first-order chi connectivity index (χ1) is 16.8. The molecule has 0 saturated carbocycles. The molecule has 0 saturated heterocycles. The van der Waals surface area contributed by atoms with E-state index in [-0.39, 0.29) is 15.5 Å². The smallest absolute Gasteiger partial charge is 0.263 e. The molecule has 0 aliphatic carbocycles. The average Bonchev–Trinajstić information content (AvgIpc) is 2.86. The summed E-state index contributed by atoms with van der Waals surface area (Å²) in [4.78, 5) is 13.1. The molecule has 0 aliphatic heterocycles. The molecule has 35 heavy (non-hydrogen) atoms. The second-order valence-corrected chi connectivity index (χ2v) is 10.3. The van der Waals surface area contributed by atoms with E-state index in [1.807, 2.05) is 80.6 Å². The highest BCUT2D eigenvalue weighted by Crippen LogP contribution is 2.28. The van der Waals surface area contributed by atoms with Crippen LogP contribution in [-0.4, -0.2) is 14.3 Å². The Balaban J connectivity index is 1.65. The minimum absolute atomic E-state index is 0.0297. The molecule has 0 aliphatic rings. The van der Waals surface area contributed by atoms with Gasteiger partial charge in [0.15, 0.2) is 0 Å². The number of carbonyl (C=O) groups is 1. The van der Waals surface area contributed by atoms with Crippen LogP contribution >= 0.6 is 11.6 Å². The molecule has 5 nitrogen and oxygen atoms in total. The maximum atomic E-state index is 13.3. The number of rotatable bonds is 7. The lowest BCUT2D eigenvalue weighted by Gasteiger charge is -2.20. The van der Waals surface area contributed by atoms with Crippen molar-refractivity contribution in [2.24, 2.45) is 0 Å². The molecule has 0 heterocycles. The van der Waals surface area contributed by atoms with Gasteiger partial charge < -0.3 is 5.32 Å². The van der Waals surface area contributed by atoms with E-state index in [0.29, 0.717) is 5.69 Å². The SMILES string of the molecule is Cc1cccc(NS(=O)(=O)c2cc(C(=O)NC(c3ccccc3)c3ccccc3)ccc2Cl)c1C. The molecule has 0 radical (unpaired) electrons. The van der Waals surface area contributed by atoms with Gasteiger partial charge in [0.1, 0.15) is 4.90 Å². The van der Waals surface area contributed by atoms with Crippen LogP contribution in [-0.2, 0) is 10.0 Å². The molecule has 2 N–H and O–H groups in total. The van der Waals surface area contributed by atoms with Crippen molar-refractivity contribution in [1.82, 2.24) is 5.32 Å². The quantitative estimate of drug-likeness (QED) is 0.311. The summed E-state index contributed by atoms with van der Waals surface area (Å²) < 4.78 is 29.0. The van der Waals surface area contributed by atoms with E-state index in [0.717, 1.165) is 22.3 Å². The summed E-state index contributed by atoms with van der Waals surface area (Å²) in [5.41, 5.74) is 4.24. The van der Waals surface area contributed by atoms with Gasteiger partial charge in [0, 0.05) is 5.56 Å². The number of aryl methyl sites for hydroxylation is 1. The third kappa shape index (κ3) is 5.56. The molecule has 4 aromatic carbocycles. The van der Waals surface area contributed by atoms with Crippen LogP contribution in [0.5, 0.6) is 0 Å². The fourth-order valence-electron chi connectivity index (χ4n) is 3.78. The normalized spacial score (nSPS) is 11.3. The van der Waals surface area contributed by atoms with Crippen molar-refractivity contribution in [3.63, 3.8) is 0 Å². The Morgan fingerprint density at radius 1 is 0.800 bits per heavy atom. The van der Waals surface area contributed by atoms with Crippen LogP contribution in [0.25, 0.3) is 0 Å². The van der Waals surface area contributed by atoms with Gasteiger partial charge >= 0.3 is 0 Å². The first kappa shape index (κ1) is 24.5. The Morgan fingerprint density at radius 3 is 2.00 bits per heavy atom. The highest BCUT2D eigenvalue weighted by atomic mass is 35.5. The van der Waals surface area contributed by atoms with Crippen LogP contribution in [0.2, 0.25) is 5.02 Å². The van der Waals surface area contributed by atoms with Crippen LogP contribution in [0.4, 0.5) is 5.69 Å². The molecule has 178 valence electrons. The number of halogens is 1. The van der Waals surface area contributed by atoms with Gasteiger partial charge in [0.05, 0.1) is 16.8 Å². The van der Waals surface area contributed by atoms with E-state index < -0.39 is 22.0 Å². The summed E-state index contributed by atoms with van der Waals surface area (Å²) in [6, 6.07) is 28.4. The van der Waals surface area contributed by atoms with E-state index >= 15 is 0 Å². The third-order valence-electron chi connectivity index (χ3n) is 5.87. The number of hydrogen-bond donors (Lipinski definition) is 2. The Bertz CT molecular complexity index is 1420. The summed E-state index contributed by atoms with van der Waals surface area (Å²) in [5, 5.41) is 3.06. The van der Waals surface area contributed by atoms with Crippen molar-refractivity contribution >= 4 is 33.2 Å². The summed E-state index contributed by atoms with van der Waals surface area (Å²) in [6.07, 6.45) is 0. The van der Waals surface area contributed by atoms with E-state index in [4.69, 9.17) is 11.6 Å². The lowest BCUT2D eigenvalue weighted by molar-refractivity contribution is 0.0942. The second-order valence-electron chi connectivity index (χ2n) is 8.23. The lowest BCUT2D eigenvalue weighted by Crippen LogP contribution is -2.29. The molecule has 4 rings (SSSR count). The van der Waals surface area contributed by atoms with E-state index in [1.54, 1.807) is 12.1 Å². The molecule has 7 heteroatoms. The minimum atomic E-state index is -4.03. The minimum Gasteiger partial charge on any atom is -0.341 e. The maximum Gasteiger partial charge on any atom is 0.263 e. The fourth-order valence-corrected chi connectivity index (χ4v) is 5.43. The third-order valence-corrected chi connectivity index (χ3v) is 7.72. The van der Waals surface area contributed by atoms with Gasteiger partial charge in [-0.3, -0.25) is 9.52 Å². The van der Waals surface area contributed by atoms with Crippen LogP contribution in [0.3, 0.4) is 0 Å². The van der Waals surface area contributed by atoms with Gasteiger partial charge in [0.25, 0.3) is 15.9 Å². The first-order valence-corrected chi connectivity index (χ1v) is 12.9. The van der Waals surface area contributed by atoms with Crippen LogP contribution in [0.1, 0.15) is 38.7 Å². The summed E-state index contributed by atoms with van der Waals surface area (Å²) in [7, 11) is -4.03. The number of amides is 1. The number of hydrogen-bond acceptors (Lipinski definition) is 3. The number of carbonyl (C=O) groups excluding carboxylic acids is 1. The zero-order valence-corrected chi connectivity index (χ0v) is 20.9. The van der Waals surface area contributed by atoms with Crippen molar-refractivity contribution < 1.29 is 13.2 Å². The Kier molecular flexibility index (Phi) is 7.24. The van der Waals surface area contributed by atoms with Gasteiger partial charge in [-0.15, -0.1) is 0 Å². The number of anilines is 1. The summed E-state index contributed by atoms with van der Waals surface area (Å²) in [5.74, 6) is -0.414. The Labute approximate surface area is 210 Å². The van der Waals surface area contributed by atoms with Gasteiger partial charge in [-0.2, -0.15) is 0 Å².